The van der Waals surface area contributed by atoms with Crippen molar-refractivity contribution in [1.82, 2.24) is 10.9 Å². The van der Waals surface area contributed by atoms with Gasteiger partial charge in [-0.25, -0.2) is 10.3 Å². The Kier molecular flexibility index (Phi) is 5.81. The number of rotatable bonds is 6. The number of anilines is 1. The van der Waals surface area contributed by atoms with Crippen LogP contribution in [0, 0.1) is 0 Å². The molecule has 8 nitrogen and oxygen atoms in total. The van der Waals surface area contributed by atoms with Gasteiger partial charge in [-0.3, -0.25) is 19.8 Å². The Morgan fingerprint density at radius 2 is 1.93 bits per heavy atom. The molecule has 0 saturated carbocycles. The van der Waals surface area contributed by atoms with Crippen molar-refractivity contribution in [2.24, 2.45) is 0 Å². The molecule has 1 atom stereocenters. The lowest BCUT2D eigenvalue weighted by Crippen LogP contribution is -2.48. The van der Waals surface area contributed by atoms with Crippen LogP contribution in [0.3, 0.4) is 0 Å². The first kappa shape index (κ1) is 19.7. The van der Waals surface area contributed by atoms with Crippen LogP contribution in [-0.4, -0.2) is 38.0 Å². The number of amides is 3. The van der Waals surface area contributed by atoms with Crippen LogP contribution in [0.4, 0.5) is 5.69 Å². The summed E-state index contributed by atoms with van der Waals surface area (Å²) >= 11 is 5.87. The number of hydrogen-bond acceptors (Lipinski definition) is 6. The molecule has 0 radical (unpaired) electrons. The van der Waals surface area contributed by atoms with Crippen LogP contribution < -0.4 is 25.2 Å². The van der Waals surface area contributed by atoms with E-state index in [-0.39, 0.29) is 12.1 Å². The molecule has 1 heterocycles. The van der Waals surface area contributed by atoms with E-state index in [2.05, 4.69) is 10.9 Å². The monoisotopic (exact) mass is 403 g/mol. The predicted molar refractivity (Wildman–Crippen MR) is 102 cm³/mol. The third kappa shape index (κ3) is 3.92. The van der Waals surface area contributed by atoms with Crippen LogP contribution in [0.15, 0.2) is 42.5 Å². The summed E-state index contributed by atoms with van der Waals surface area (Å²) in [5.41, 5.74) is 5.66. The average Bonchev–Trinajstić information content (AvgIpc) is 2.98. The van der Waals surface area contributed by atoms with Crippen LogP contribution in [0.5, 0.6) is 11.5 Å². The van der Waals surface area contributed by atoms with Crippen molar-refractivity contribution in [2.45, 2.75) is 12.5 Å². The number of benzene rings is 2. The number of methoxy groups -OCH3 is 2. The number of nitrogens with one attached hydrogen (secondary N) is 2. The van der Waals surface area contributed by atoms with E-state index in [1.165, 1.54) is 20.3 Å². The Labute approximate surface area is 166 Å². The zero-order chi connectivity index (χ0) is 20.3. The van der Waals surface area contributed by atoms with Crippen molar-refractivity contribution in [3.63, 3.8) is 0 Å². The number of carbonyl (C=O) groups excluding carboxylic acids is 3. The maximum absolute atomic E-state index is 12.8. The Balaban J connectivity index is 1.74. The van der Waals surface area contributed by atoms with Gasteiger partial charge in [0.05, 0.1) is 26.3 Å². The van der Waals surface area contributed by atoms with E-state index in [0.717, 1.165) is 4.90 Å². The van der Waals surface area contributed by atoms with Gasteiger partial charge in [0, 0.05) is 16.7 Å². The average molecular weight is 404 g/mol. The highest BCUT2D eigenvalue weighted by molar-refractivity contribution is 6.31. The first-order valence-corrected chi connectivity index (χ1v) is 8.72. The molecule has 0 bridgehead atoms. The summed E-state index contributed by atoms with van der Waals surface area (Å²) in [5.74, 6) is -0.581. The second-order valence-electron chi connectivity index (χ2n) is 5.97. The summed E-state index contributed by atoms with van der Waals surface area (Å²) in [6, 6.07) is 10.3. The van der Waals surface area contributed by atoms with Gasteiger partial charge >= 0.3 is 0 Å². The molecule has 3 rings (SSSR count). The van der Waals surface area contributed by atoms with Crippen molar-refractivity contribution in [3.8, 4) is 11.5 Å². The summed E-state index contributed by atoms with van der Waals surface area (Å²) in [6.45, 7) is 0. The summed E-state index contributed by atoms with van der Waals surface area (Å²) < 4.78 is 10.4. The maximum atomic E-state index is 12.8. The van der Waals surface area contributed by atoms with Crippen LogP contribution in [0.25, 0.3) is 0 Å². The van der Waals surface area contributed by atoms with Gasteiger partial charge in [-0.2, -0.15) is 0 Å². The fraction of sp³-hybridized carbons (Fsp3) is 0.211. The Bertz CT molecular complexity index is 934. The summed E-state index contributed by atoms with van der Waals surface area (Å²) in [4.78, 5) is 38.4. The first-order chi connectivity index (χ1) is 13.4. The molecule has 9 heteroatoms. The number of hydrogen-bond donors (Lipinski definition) is 2. The molecule has 0 unspecified atom stereocenters. The molecular formula is C19H18ClN3O5. The Hall–Kier alpha value is -3.10. The predicted octanol–water partition coefficient (Wildman–Crippen LogP) is 1.92. The van der Waals surface area contributed by atoms with Gasteiger partial charge in [-0.05, 0) is 30.3 Å². The molecular weight excluding hydrogens is 386 g/mol. The topological polar surface area (TPSA) is 97.0 Å². The summed E-state index contributed by atoms with van der Waals surface area (Å²) in [5, 5.41) is 0.413. The maximum Gasteiger partial charge on any atom is 0.265 e. The standard InChI is InChI=1S/C19H18ClN3O5/c1-27-13-6-7-16(28-2)15(9-13)23-17(24)10-14(19(23)26)21-22-18(25)11-4-3-5-12(20)8-11/h3-9,14,21H,10H2,1-2H3,(H,22,25)/t14-/m0/s1. The van der Waals surface area contributed by atoms with Gasteiger partial charge in [0.1, 0.15) is 17.5 Å². The zero-order valence-electron chi connectivity index (χ0n) is 15.2. The summed E-state index contributed by atoms with van der Waals surface area (Å²) in [6.07, 6.45) is -0.116. The van der Waals surface area contributed by atoms with Gasteiger partial charge in [0.2, 0.25) is 5.91 Å². The normalized spacial score (nSPS) is 16.2. The molecule has 3 amide bonds. The molecule has 2 N–H and O–H groups in total. The molecule has 1 aliphatic rings. The minimum Gasteiger partial charge on any atom is -0.497 e. The van der Waals surface area contributed by atoms with E-state index >= 15 is 0 Å². The Morgan fingerprint density at radius 3 is 2.61 bits per heavy atom. The second kappa shape index (κ2) is 8.28. The number of nitrogens with zero attached hydrogens (tertiary/aromatic N) is 1. The fourth-order valence-corrected chi connectivity index (χ4v) is 3.01. The molecule has 1 fully saturated rings. The summed E-state index contributed by atoms with van der Waals surface area (Å²) in [7, 11) is 2.92. The lowest BCUT2D eigenvalue weighted by Gasteiger charge is -2.19. The molecule has 146 valence electrons. The number of ether oxygens (including phenoxy) is 2. The lowest BCUT2D eigenvalue weighted by atomic mass is 10.2. The largest absolute Gasteiger partial charge is 0.497 e. The number of imide groups is 1. The van der Waals surface area contributed by atoms with Gasteiger partial charge in [0.15, 0.2) is 0 Å². The minimum absolute atomic E-state index is 0.116. The third-order valence-corrected chi connectivity index (χ3v) is 4.46. The van der Waals surface area contributed by atoms with Crippen molar-refractivity contribution < 1.29 is 23.9 Å². The van der Waals surface area contributed by atoms with Gasteiger partial charge in [-0.15, -0.1) is 0 Å². The fourth-order valence-electron chi connectivity index (χ4n) is 2.82. The molecule has 1 aliphatic heterocycles. The van der Waals surface area contributed by atoms with Crippen LogP contribution >= 0.6 is 11.6 Å². The number of carbonyl (C=O) groups is 3. The molecule has 2 aromatic rings. The molecule has 28 heavy (non-hydrogen) atoms. The number of hydrazine groups is 1. The van der Waals surface area contributed by atoms with Crippen molar-refractivity contribution >= 4 is 35.0 Å². The second-order valence-corrected chi connectivity index (χ2v) is 6.41. The van der Waals surface area contributed by atoms with E-state index in [0.29, 0.717) is 22.1 Å². The van der Waals surface area contributed by atoms with Gasteiger partial charge < -0.3 is 9.47 Å². The highest BCUT2D eigenvalue weighted by atomic mass is 35.5. The highest BCUT2D eigenvalue weighted by Crippen LogP contribution is 2.35. The molecule has 0 aromatic heterocycles. The molecule has 1 saturated heterocycles. The smallest absolute Gasteiger partial charge is 0.265 e. The van der Waals surface area contributed by atoms with E-state index in [9.17, 15) is 14.4 Å². The molecule has 0 aliphatic carbocycles. The zero-order valence-corrected chi connectivity index (χ0v) is 15.9. The van der Waals surface area contributed by atoms with Crippen molar-refractivity contribution in [1.29, 1.82) is 0 Å². The Morgan fingerprint density at radius 1 is 1.14 bits per heavy atom. The SMILES string of the molecule is COc1ccc(OC)c(N2C(=O)C[C@H](NNC(=O)c3cccc(Cl)c3)C2=O)c1. The van der Waals surface area contributed by atoms with Crippen LogP contribution in [0.1, 0.15) is 16.8 Å². The minimum atomic E-state index is -0.911. The van der Waals surface area contributed by atoms with E-state index in [1.54, 1.807) is 36.4 Å². The molecule has 2 aromatic carbocycles. The third-order valence-electron chi connectivity index (χ3n) is 4.22. The molecule has 0 spiro atoms. The van der Waals surface area contributed by atoms with E-state index in [1.807, 2.05) is 0 Å². The van der Waals surface area contributed by atoms with Crippen molar-refractivity contribution in [2.75, 3.05) is 19.1 Å². The van der Waals surface area contributed by atoms with E-state index in [4.69, 9.17) is 21.1 Å². The highest BCUT2D eigenvalue weighted by Gasteiger charge is 2.41. The van der Waals surface area contributed by atoms with Crippen molar-refractivity contribution in [3.05, 3.63) is 53.1 Å². The van der Waals surface area contributed by atoms with Gasteiger partial charge in [0.25, 0.3) is 11.8 Å². The van der Waals surface area contributed by atoms with E-state index < -0.39 is 23.8 Å². The lowest BCUT2D eigenvalue weighted by molar-refractivity contribution is -0.121. The first-order valence-electron chi connectivity index (χ1n) is 8.35. The van der Waals surface area contributed by atoms with Crippen LogP contribution in [-0.2, 0) is 9.59 Å². The van der Waals surface area contributed by atoms with Crippen LogP contribution in [0.2, 0.25) is 5.02 Å². The number of halogens is 1. The van der Waals surface area contributed by atoms with Gasteiger partial charge in [-0.1, -0.05) is 17.7 Å². The quantitative estimate of drug-likeness (QED) is 0.565.